The van der Waals surface area contributed by atoms with Crippen molar-refractivity contribution in [3.8, 4) is 22.8 Å². The fourth-order valence-electron chi connectivity index (χ4n) is 4.07. The second kappa shape index (κ2) is 7.58. The summed E-state index contributed by atoms with van der Waals surface area (Å²) in [6.45, 7) is 1.96. The Hall–Kier alpha value is -2.95. The molecule has 1 aliphatic heterocycles. The van der Waals surface area contributed by atoms with Crippen molar-refractivity contribution in [2.45, 2.75) is 19.3 Å². The van der Waals surface area contributed by atoms with E-state index in [0.717, 1.165) is 65.3 Å². The number of methoxy groups -OCH3 is 2. The monoisotopic (exact) mass is 378 g/mol. The van der Waals surface area contributed by atoms with E-state index in [1.165, 1.54) is 6.42 Å². The standard InChI is InChI=1S/C23H26N2O3/c1-24-19(16-7-9-17(27-2)10-8-16)15-22(26)23-20(24)13-18(28-3)14-21(23)25-11-5-4-6-12-25/h7-10,13-15H,4-6,11-12H2,1-3H3. The molecule has 1 saturated heterocycles. The Morgan fingerprint density at radius 1 is 0.857 bits per heavy atom. The number of aromatic nitrogens is 1. The number of rotatable bonds is 4. The maximum atomic E-state index is 13.2. The van der Waals surface area contributed by atoms with E-state index in [1.807, 2.05) is 43.4 Å². The van der Waals surface area contributed by atoms with E-state index >= 15 is 0 Å². The lowest BCUT2D eigenvalue weighted by Crippen LogP contribution is -2.30. The number of piperidine rings is 1. The summed E-state index contributed by atoms with van der Waals surface area (Å²) in [6.07, 6.45) is 3.56. The smallest absolute Gasteiger partial charge is 0.192 e. The lowest BCUT2D eigenvalue weighted by Gasteiger charge is -2.30. The molecule has 1 aromatic heterocycles. The van der Waals surface area contributed by atoms with Gasteiger partial charge in [0, 0.05) is 38.3 Å². The Kier molecular flexibility index (Phi) is 4.99. The molecule has 5 nitrogen and oxygen atoms in total. The van der Waals surface area contributed by atoms with Crippen LogP contribution in [0.25, 0.3) is 22.2 Å². The minimum atomic E-state index is 0.0437. The highest BCUT2D eigenvalue weighted by atomic mass is 16.5. The number of fused-ring (bicyclic) bond motifs is 1. The molecular formula is C23H26N2O3. The molecule has 5 heteroatoms. The van der Waals surface area contributed by atoms with Crippen molar-refractivity contribution in [1.29, 1.82) is 0 Å². The summed E-state index contributed by atoms with van der Waals surface area (Å²) in [5, 5.41) is 0.766. The normalized spacial score (nSPS) is 14.3. The molecule has 1 aliphatic rings. The van der Waals surface area contributed by atoms with E-state index in [-0.39, 0.29) is 5.43 Å². The SMILES string of the molecule is COc1ccc(-c2cc(=O)c3c(N4CCCCC4)cc(OC)cc3n2C)cc1. The van der Waals surface area contributed by atoms with Crippen molar-refractivity contribution in [2.75, 3.05) is 32.2 Å². The van der Waals surface area contributed by atoms with Gasteiger partial charge >= 0.3 is 0 Å². The van der Waals surface area contributed by atoms with Crippen LogP contribution in [0, 0.1) is 0 Å². The largest absolute Gasteiger partial charge is 0.497 e. The van der Waals surface area contributed by atoms with Gasteiger partial charge in [-0.1, -0.05) is 0 Å². The van der Waals surface area contributed by atoms with Crippen molar-refractivity contribution in [2.24, 2.45) is 7.05 Å². The van der Waals surface area contributed by atoms with Gasteiger partial charge in [-0.25, -0.2) is 0 Å². The van der Waals surface area contributed by atoms with Crippen LogP contribution in [0.3, 0.4) is 0 Å². The number of hydrogen-bond donors (Lipinski definition) is 0. The minimum Gasteiger partial charge on any atom is -0.497 e. The molecule has 0 saturated carbocycles. The van der Waals surface area contributed by atoms with E-state index in [9.17, 15) is 4.79 Å². The number of benzene rings is 2. The van der Waals surface area contributed by atoms with E-state index in [0.29, 0.717) is 0 Å². The topological polar surface area (TPSA) is 43.7 Å². The molecule has 3 aromatic rings. The van der Waals surface area contributed by atoms with Gasteiger partial charge in [-0.15, -0.1) is 0 Å². The Morgan fingerprint density at radius 2 is 1.54 bits per heavy atom. The number of pyridine rings is 1. The quantitative estimate of drug-likeness (QED) is 0.682. The first-order valence-electron chi connectivity index (χ1n) is 9.73. The minimum absolute atomic E-state index is 0.0437. The summed E-state index contributed by atoms with van der Waals surface area (Å²) in [5.74, 6) is 1.57. The third kappa shape index (κ3) is 3.21. The summed E-state index contributed by atoms with van der Waals surface area (Å²) in [7, 11) is 5.32. The summed E-state index contributed by atoms with van der Waals surface area (Å²) >= 11 is 0. The predicted octanol–water partition coefficient (Wildman–Crippen LogP) is 4.21. The van der Waals surface area contributed by atoms with Crippen LogP contribution in [0.5, 0.6) is 11.5 Å². The number of ether oxygens (including phenoxy) is 2. The third-order valence-corrected chi connectivity index (χ3v) is 5.63. The maximum absolute atomic E-state index is 13.2. The van der Waals surface area contributed by atoms with Crippen LogP contribution >= 0.6 is 0 Å². The highest BCUT2D eigenvalue weighted by Gasteiger charge is 2.19. The second-order valence-electron chi connectivity index (χ2n) is 7.27. The molecule has 0 radical (unpaired) electrons. The summed E-state index contributed by atoms with van der Waals surface area (Å²) in [5.41, 5.74) is 3.76. The summed E-state index contributed by atoms with van der Waals surface area (Å²) < 4.78 is 12.9. The lowest BCUT2D eigenvalue weighted by atomic mass is 10.0. The number of hydrogen-bond acceptors (Lipinski definition) is 4. The molecule has 0 unspecified atom stereocenters. The molecule has 0 atom stereocenters. The van der Waals surface area contributed by atoms with Gasteiger partial charge in [0.2, 0.25) is 0 Å². The average Bonchev–Trinajstić information content (AvgIpc) is 2.76. The van der Waals surface area contributed by atoms with Gasteiger partial charge in [0.15, 0.2) is 5.43 Å². The molecule has 146 valence electrons. The van der Waals surface area contributed by atoms with Gasteiger partial charge in [-0.3, -0.25) is 4.79 Å². The second-order valence-corrected chi connectivity index (χ2v) is 7.27. The van der Waals surface area contributed by atoms with Crippen molar-refractivity contribution in [3.63, 3.8) is 0 Å². The molecular weight excluding hydrogens is 352 g/mol. The molecule has 2 aromatic carbocycles. The molecule has 0 bridgehead atoms. The Balaban J connectivity index is 1.94. The fraction of sp³-hybridized carbons (Fsp3) is 0.348. The number of nitrogens with zero attached hydrogens (tertiary/aromatic N) is 2. The van der Waals surface area contributed by atoms with Crippen LogP contribution in [0.4, 0.5) is 5.69 Å². The summed E-state index contributed by atoms with van der Waals surface area (Å²) in [6, 6.07) is 13.5. The number of anilines is 1. The van der Waals surface area contributed by atoms with Crippen LogP contribution in [0.2, 0.25) is 0 Å². The van der Waals surface area contributed by atoms with E-state index < -0.39 is 0 Å². The first-order chi connectivity index (χ1) is 13.6. The van der Waals surface area contributed by atoms with Gasteiger partial charge in [-0.2, -0.15) is 0 Å². The van der Waals surface area contributed by atoms with Gasteiger partial charge in [-0.05, 0) is 49.1 Å². The predicted molar refractivity (Wildman–Crippen MR) is 114 cm³/mol. The first kappa shape index (κ1) is 18.4. The van der Waals surface area contributed by atoms with E-state index in [2.05, 4.69) is 9.47 Å². The van der Waals surface area contributed by atoms with Crippen molar-refractivity contribution in [1.82, 2.24) is 4.57 Å². The first-order valence-corrected chi connectivity index (χ1v) is 9.73. The zero-order chi connectivity index (χ0) is 19.7. The molecule has 1 fully saturated rings. The molecule has 28 heavy (non-hydrogen) atoms. The summed E-state index contributed by atoms with van der Waals surface area (Å²) in [4.78, 5) is 15.5. The van der Waals surface area contributed by atoms with Gasteiger partial charge in [0.1, 0.15) is 11.5 Å². The van der Waals surface area contributed by atoms with Crippen molar-refractivity contribution in [3.05, 3.63) is 52.7 Å². The van der Waals surface area contributed by atoms with E-state index in [1.54, 1.807) is 20.3 Å². The lowest BCUT2D eigenvalue weighted by molar-refractivity contribution is 0.415. The van der Waals surface area contributed by atoms with Crippen molar-refractivity contribution < 1.29 is 9.47 Å². The molecule has 4 rings (SSSR count). The van der Waals surface area contributed by atoms with E-state index in [4.69, 9.17) is 9.47 Å². The van der Waals surface area contributed by atoms with Gasteiger partial charge < -0.3 is 18.9 Å². The van der Waals surface area contributed by atoms with Crippen LogP contribution < -0.4 is 19.8 Å². The van der Waals surface area contributed by atoms with Crippen LogP contribution in [0.1, 0.15) is 19.3 Å². The Labute approximate surface area is 165 Å². The highest BCUT2D eigenvalue weighted by molar-refractivity contribution is 5.95. The molecule has 0 amide bonds. The highest BCUT2D eigenvalue weighted by Crippen LogP contribution is 2.33. The van der Waals surface area contributed by atoms with Crippen LogP contribution in [-0.2, 0) is 7.05 Å². The molecule has 0 N–H and O–H groups in total. The van der Waals surface area contributed by atoms with Crippen molar-refractivity contribution >= 4 is 16.6 Å². The zero-order valence-electron chi connectivity index (χ0n) is 16.7. The molecule has 0 aliphatic carbocycles. The molecule has 0 spiro atoms. The molecule has 2 heterocycles. The number of aryl methyl sites for hydroxylation is 1. The van der Waals surface area contributed by atoms with Crippen LogP contribution in [0.15, 0.2) is 47.3 Å². The Morgan fingerprint density at radius 3 is 2.18 bits per heavy atom. The zero-order valence-corrected chi connectivity index (χ0v) is 16.7. The maximum Gasteiger partial charge on any atom is 0.192 e. The third-order valence-electron chi connectivity index (χ3n) is 5.63. The average molecular weight is 378 g/mol. The van der Waals surface area contributed by atoms with Gasteiger partial charge in [0.25, 0.3) is 0 Å². The fourth-order valence-corrected chi connectivity index (χ4v) is 4.07. The van der Waals surface area contributed by atoms with Gasteiger partial charge in [0.05, 0.1) is 36.5 Å². The Bertz CT molecular complexity index is 1050. The van der Waals surface area contributed by atoms with Crippen LogP contribution in [-0.4, -0.2) is 31.9 Å².